The minimum atomic E-state index is -0.0497. The van der Waals surface area contributed by atoms with Gasteiger partial charge < -0.3 is 4.90 Å². The van der Waals surface area contributed by atoms with Crippen LogP contribution in [0.1, 0.15) is 25.2 Å². The second-order valence-corrected chi connectivity index (χ2v) is 8.25. The van der Waals surface area contributed by atoms with Crippen LogP contribution in [0.3, 0.4) is 0 Å². The summed E-state index contributed by atoms with van der Waals surface area (Å²) in [7, 11) is 0. The number of aromatic nitrogens is 3. The first-order chi connectivity index (χ1) is 15.5. The molecule has 0 aliphatic heterocycles. The molecule has 0 radical (unpaired) electrons. The summed E-state index contributed by atoms with van der Waals surface area (Å²) >= 11 is 5.79. The van der Waals surface area contributed by atoms with Crippen LogP contribution in [0, 0.1) is 4.77 Å². The summed E-state index contributed by atoms with van der Waals surface area (Å²) in [5, 5.41) is 4.78. The average molecular weight is 443 g/mol. The number of amides is 1. The van der Waals surface area contributed by atoms with Crippen molar-refractivity contribution in [2.24, 2.45) is 0 Å². The van der Waals surface area contributed by atoms with Gasteiger partial charge >= 0.3 is 0 Å². The Balaban J connectivity index is 1.71. The van der Waals surface area contributed by atoms with Gasteiger partial charge in [-0.2, -0.15) is 5.10 Å². The third-order valence-corrected chi connectivity index (χ3v) is 5.62. The van der Waals surface area contributed by atoms with Gasteiger partial charge in [-0.1, -0.05) is 66.7 Å². The van der Waals surface area contributed by atoms with Crippen LogP contribution in [0.15, 0.2) is 91.0 Å². The molecule has 32 heavy (non-hydrogen) atoms. The first-order valence-corrected chi connectivity index (χ1v) is 11.1. The zero-order chi connectivity index (χ0) is 22.5. The molecule has 4 aromatic rings. The molecule has 3 aromatic carbocycles. The number of benzene rings is 3. The molecule has 0 saturated carbocycles. The molecule has 5 nitrogen and oxygen atoms in total. The lowest BCUT2D eigenvalue weighted by Crippen LogP contribution is -2.39. The molecule has 4 rings (SSSR count). The molecule has 1 heterocycles. The Hall–Kier alpha value is -3.51. The predicted octanol–water partition coefficient (Wildman–Crippen LogP) is 5.44. The number of hydrogen-bond donors (Lipinski definition) is 0. The zero-order valence-corrected chi connectivity index (χ0v) is 19.1. The highest BCUT2D eigenvalue weighted by Crippen LogP contribution is 2.19. The summed E-state index contributed by atoms with van der Waals surface area (Å²) in [6, 6.07) is 29.8. The third-order valence-electron chi connectivity index (χ3n) is 5.23. The zero-order valence-electron chi connectivity index (χ0n) is 18.3. The SMILES string of the molecule is CC(C)N(C(=O)Cn1nc(Cc2ccccc2)n(-c2ccccc2)c1=S)c1ccccc1. The number of anilines is 1. The van der Waals surface area contributed by atoms with Gasteiger partial charge in [-0.3, -0.25) is 9.36 Å². The Morgan fingerprint density at radius 2 is 1.47 bits per heavy atom. The van der Waals surface area contributed by atoms with Gasteiger partial charge in [0.15, 0.2) is 0 Å². The van der Waals surface area contributed by atoms with Crippen molar-refractivity contribution in [3.05, 3.63) is 107 Å². The van der Waals surface area contributed by atoms with Gasteiger partial charge in [-0.25, -0.2) is 4.68 Å². The van der Waals surface area contributed by atoms with E-state index in [2.05, 4.69) is 12.1 Å². The summed E-state index contributed by atoms with van der Waals surface area (Å²) in [5.41, 5.74) is 2.94. The number of hydrogen-bond acceptors (Lipinski definition) is 3. The fraction of sp³-hybridized carbons (Fsp3) is 0.192. The van der Waals surface area contributed by atoms with Crippen molar-refractivity contribution in [1.82, 2.24) is 14.3 Å². The fourth-order valence-electron chi connectivity index (χ4n) is 3.81. The van der Waals surface area contributed by atoms with E-state index in [1.807, 2.05) is 97.3 Å². The maximum absolute atomic E-state index is 13.3. The van der Waals surface area contributed by atoms with E-state index >= 15 is 0 Å². The summed E-state index contributed by atoms with van der Waals surface area (Å²) in [6.07, 6.45) is 0.618. The molecule has 6 heteroatoms. The molecule has 0 fully saturated rings. The Bertz CT molecular complexity index is 1230. The van der Waals surface area contributed by atoms with Crippen LogP contribution in [0.2, 0.25) is 0 Å². The van der Waals surface area contributed by atoms with Crippen molar-refractivity contribution in [3.63, 3.8) is 0 Å². The van der Waals surface area contributed by atoms with E-state index in [-0.39, 0.29) is 18.5 Å². The number of para-hydroxylation sites is 2. The largest absolute Gasteiger partial charge is 0.308 e. The first kappa shape index (κ1) is 21.7. The van der Waals surface area contributed by atoms with Crippen molar-refractivity contribution < 1.29 is 4.79 Å². The summed E-state index contributed by atoms with van der Waals surface area (Å²) in [5.74, 6) is 0.752. The lowest BCUT2D eigenvalue weighted by molar-refractivity contribution is -0.119. The highest BCUT2D eigenvalue weighted by atomic mass is 32.1. The standard InChI is InChI=1S/C26H26N4OS/c1-20(2)29(22-14-8-4-9-15-22)25(31)19-28-26(32)30(23-16-10-5-11-17-23)24(27-28)18-21-12-6-3-7-13-21/h3-17,20H,18-19H2,1-2H3. The van der Waals surface area contributed by atoms with E-state index in [0.717, 1.165) is 22.8 Å². The van der Waals surface area contributed by atoms with E-state index in [1.165, 1.54) is 0 Å². The van der Waals surface area contributed by atoms with Crippen LogP contribution in [0.5, 0.6) is 0 Å². The van der Waals surface area contributed by atoms with Gasteiger partial charge in [0.25, 0.3) is 0 Å². The van der Waals surface area contributed by atoms with Crippen LogP contribution in [0.25, 0.3) is 5.69 Å². The van der Waals surface area contributed by atoms with Crippen LogP contribution in [-0.2, 0) is 17.8 Å². The molecule has 0 aliphatic carbocycles. The third kappa shape index (κ3) is 4.70. The van der Waals surface area contributed by atoms with Crippen LogP contribution < -0.4 is 4.90 Å². The smallest absolute Gasteiger partial charge is 0.249 e. The van der Waals surface area contributed by atoms with E-state index in [1.54, 1.807) is 9.58 Å². The van der Waals surface area contributed by atoms with E-state index in [4.69, 9.17) is 17.3 Å². The highest BCUT2D eigenvalue weighted by molar-refractivity contribution is 7.71. The summed E-state index contributed by atoms with van der Waals surface area (Å²) in [4.78, 5) is 15.1. The minimum absolute atomic E-state index is 0.0130. The van der Waals surface area contributed by atoms with Crippen molar-refractivity contribution in [3.8, 4) is 5.69 Å². The van der Waals surface area contributed by atoms with Crippen molar-refractivity contribution in [2.75, 3.05) is 4.90 Å². The Morgan fingerprint density at radius 1 is 0.906 bits per heavy atom. The maximum Gasteiger partial charge on any atom is 0.249 e. The second kappa shape index (κ2) is 9.75. The Kier molecular flexibility index (Phi) is 6.61. The molecule has 0 spiro atoms. The van der Waals surface area contributed by atoms with Crippen LogP contribution in [-0.4, -0.2) is 26.3 Å². The monoisotopic (exact) mass is 442 g/mol. The topological polar surface area (TPSA) is 43.1 Å². The fourth-order valence-corrected chi connectivity index (χ4v) is 4.12. The number of nitrogens with zero attached hydrogens (tertiary/aromatic N) is 4. The molecule has 1 amide bonds. The molecule has 0 bridgehead atoms. The van der Waals surface area contributed by atoms with Gasteiger partial charge in [-0.05, 0) is 55.9 Å². The van der Waals surface area contributed by atoms with Gasteiger partial charge in [0.2, 0.25) is 10.7 Å². The van der Waals surface area contributed by atoms with Gasteiger partial charge in [-0.15, -0.1) is 0 Å². The highest BCUT2D eigenvalue weighted by Gasteiger charge is 2.22. The van der Waals surface area contributed by atoms with Gasteiger partial charge in [0, 0.05) is 23.8 Å². The van der Waals surface area contributed by atoms with Crippen LogP contribution in [0.4, 0.5) is 5.69 Å². The van der Waals surface area contributed by atoms with E-state index in [9.17, 15) is 4.79 Å². The normalized spacial score (nSPS) is 11.0. The van der Waals surface area contributed by atoms with Crippen molar-refractivity contribution >= 4 is 23.8 Å². The number of rotatable bonds is 7. The lowest BCUT2D eigenvalue weighted by atomic mass is 10.1. The maximum atomic E-state index is 13.3. The van der Waals surface area contributed by atoms with Gasteiger partial charge in [0.05, 0.1) is 0 Å². The molecule has 0 saturated heterocycles. The summed E-state index contributed by atoms with van der Waals surface area (Å²) in [6.45, 7) is 4.09. The molecule has 0 aliphatic rings. The second-order valence-electron chi connectivity index (χ2n) is 7.88. The summed E-state index contributed by atoms with van der Waals surface area (Å²) < 4.78 is 4.10. The van der Waals surface area contributed by atoms with E-state index < -0.39 is 0 Å². The molecule has 0 N–H and O–H groups in total. The van der Waals surface area contributed by atoms with E-state index in [0.29, 0.717) is 11.2 Å². The molecular weight excluding hydrogens is 416 g/mol. The molecule has 1 aromatic heterocycles. The number of carbonyl (C=O) groups is 1. The first-order valence-electron chi connectivity index (χ1n) is 10.7. The Labute approximate surface area is 193 Å². The molecule has 162 valence electrons. The molecule has 0 atom stereocenters. The quantitative estimate of drug-likeness (QED) is 0.358. The molecule has 0 unspecified atom stereocenters. The van der Waals surface area contributed by atoms with Crippen molar-refractivity contribution in [2.45, 2.75) is 32.9 Å². The van der Waals surface area contributed by atoms with Crippen molar-refractivity contribution in [1.29, 1.82) is 0 Å². The molecular formula is C26H26N4OS. The average Bonchev–Trinajstić information content (AvgIpc) is 3.10. The van der Waals surface area contributed by atoms with Gasteiger partial charge in [0.1, 0.15) is 12.4 Å². The number of carbonyl (C=O) groups excluding carboxylic acids is 1. The minimum Gasteiger partial charge on any atom is -0.308 e. The van der Waals surface area contributed by atoms with Crippen LogP contribution >= 0.6 is 12.2 Å². The predicted molar refractivity (Wildman–Crippen MR) is 131 cm³/mol. The Morgan fingerprint density at radius 3 is 2.06 bits per heavy atom. The lowest BCUT2D eigenvalue weighted by Gasteiger charge is -2.26.